The molecule has 1 spiro atoms. The summed E-state index contributed by atoms with van der Waals surface area (Å²) in [7, 11) is -4.72. The van der Waals surface area contributed by atoms with Gasteiger partial charge in [0.25, 0.3) is 27.5 Å². The molecule has 11 rings (SSSR count). The Hall–Kier alpha value is -5.95. The number of nitrogens with one attached hydrogen (secondary N) is 3. The van der Waals surface area contributed by atoms with Gasteiger partial charge in [0.1, 0.15) is 24.1 Å². The molecule has 2 saturated carbocycles. The van der Waals surface area contributed by atoms with Gasteiger partial charge in [-0.1, -0.05) is 38.1 Å². The third kappa shape index (κ3) is 9.39. The van der Waals surface area contributed by atoms with Crippen molar-refractivity contribution in [2.75, 3.05) is 49.7 Å². The fourth-order valence-electron chi connectivity index (χ4n) is 12.1. The number of piperidine rings is 1. The van der Waals surface area contributed by atoms with Crippen molar-refractivity contribution in [2.24, 2.45) is 11.3 Å². The first-order chi connectivity index (χ1) is 34.1. The topological polar surface area (TPSA) is 211 Å². The highest BCUT2D eigenvalue weighted by molar-refractivity contribution is 7.90. The number of H-pyrrole nitrogens is 1. The number of hydrogen-bond donors (Lipinski definition) is 4. The molecule has 6 heterocycles. The van der Waals surface area contributed by atoms with Crippen LogP contribution in [0.2, 0.25) is 0 Å². The summed E-state index contributed by atoms with van der Waals surface area (Å²) >= 11 is 0. The van der Waals surface area contributed by atoms with Crippen molar-refractivity contribution in [3.8, 4) is 23.1 Å². The smallest absolute Gasteiger partial charge is 0.297 e. The quantitative estimate of drug-likeness (QED) is 0.0641. The van der Waals surface area contributed by atoms with Crippen LogP contribution in [0.5, 0.6) is 23.1 Å². The van der Waals surface area contributed by atoms with Gasteiger partial charge in [0.15, 0.2) is 17.2 Å². The molecule has 0 bridgehead atoms. The molecule has 2 aromatic heterocycles. The fraction of sp³-hybridized carbons (Fsp3) is 0.509. The van der Waals surface area contributed by atoms with Crippen molar-refractivity contribution in [3.63, 3.8) is 0 Å². The van der Waals surface area contributed by atoms with E-state index in [4.69, 9.17) is 18.9 Å². The van der Waals surface area contributed by atoms with Gasteiger partial charge in [0, 0.05) is 60.6 Å². The summed E-state index contributed by atoms with van der Waals surface area (Å²) in [5.41, 5.74) is 3.32. The van der Waals surface area contributed by atoms with Crippen LogP contribution in [-0.2, 0) is 14.8 Å². The predicted octanol–water partition coefficient (Wildman–Crippen LogP) is 8.98. The second-order valence-electron chi connectivity index (χ2n) is 21.4. The van der Waals surface area contributed by atoms with Crippen LogP contribution in [0.1, 0.15) is 118 Å². The normalized spacial score (nSPS) is 24.7. The summed E-state index contributed by atoms with van der Waals surface area (Å²) in [4.78, 5) is 38.5. The van der Waals surface area contributed by atoms with E-state index in [9.17, 15) is 28.4 Å². The van der Waals surface area contributed by atoms with Gasteiger partial charge in [-0.15, -0.1) is 0 Å². The van der Waals surface area contributed by atoms with Crippen molar-refractivity contribution in [2.45, 2.75) is 126 Å². The summed E-state index contributed by atoms with van der Waals surface area (Å²) < 4.78 is 54.6. The number of nitrogens with zero attached hydrogens (tertiary/aromatic N) is 4. The molecule has 5 aromatic rings. The number of anilines is 2. The average molecular weight is 990 g/mol. The van der Waals surface area contributed by atoms with E-state index in [1.165, 1.54) is 42.9 Å². The molecule has 17 nitrogen and oxygen atoms in total. The Morgan fingerprint density at radius 3 is 2.48 bits per heavy atom. The van der Waals surface area contributed by atoms with Crippen molar-refractivity contribution >= 4 is 44.0 Å². The van der Waals surface area contributed by atoms with Gasteiger partial charge in [-0.05, 0) is 130 Å². The van der Waals surface area contributed by atoms with Crippen LogP contribution in [0.25, 0.3) is 11.0 Å². The summed E-state index contributed by atoms with van der Waals surface area (Å²) in [6.07, 6.45) is 10.9. The Morgan fingerprint density at radius 1 is 0.972 bits per heavy atom. The molecule has 5 fully saturated rings. The number of likely N-dealkylation sites (tertiary alicyclic amines) is 1. The third-order valence-electron chi connectivity index (χ3n) is 16.3. The van der Waals surface area contributed by atoms with Gasteiger partial charge in [0.05, 0.1) is 40.2 Å². The van der Waals surface area contributed by atoms with E-state index < -0.39 is 37.0 Å². The molecule has 2 aliphatic carbocycles. The van der Waals surface area contributed by atoms with Crippen LogP contribution >= 0.6 is 0 Å². The Labute approximate surface area is 413 Å². The number of hydrogen-bond acceptors (Lipinski definition) is 14. The van der Waals surface area contributed by atoms with Crippen LogP contribution in [0, 0.1) is 21.4 Å². The number of rotatable bonds is 13. The second-order valence-corrected chi connectivity index (χ2v) is 23.1. The first kappa shape index (κ1) is 47.4. The van der Waals surface area contributed by atoms with Crippen LogP contribution in [0.15, 0.2) is 77.8 Å². The van der Waals surface area contributed by atoms with E-state index in [0.29, 0.717) is 62.5 Å². The zero-order chi connectivity index (χ0) is 49.2. The lowest BCUT2D eigenvalue weighted by molar-refractivity contribution is -0.384. The predicted molar refractivity (Wildman–Crippen MR) is 267 cm³/mol. The van der Waals surface area contributed by atoms with E-state index in [2.05, 4.69) is 67.9 Å². The molecule has 0 radical (unpaired) electrons. The van der Waals surface area contributed by atoms with Gasteiger partial charge < -0.3 is 39.3 Å². The minimum Gasteiger partial charge on any atom is -0.489 e. The lowest BCUT2D eigenvalue weighted by atomic mass is 9.59. The van der Waals surface area contributed by atoms with Gasteiger partial charge in [-0.25, -0.2) is 13.1 Å². The molecule has 1 amide bonds. The Balaban J connectivity index is 0.837. The fourth-order valence-corrected chi connectivity index (χ4v) is 13.1. The lowest BCUT2D eigenvalue weighted by Gasteiger charge is -2.56. The highest BCUT2D eigenvalue weighted by Gasteiger charge is 2.50. The summed E-state index contributed by atoms with van der Waals surface area (Å²) in [5.74, 6) is 0.0395. The van der Waals surface area contributed by atoms with Crippen molar-refractivity contribution in [1.82, 2.24) is 19.6 Å². The Kier molecular flexibility index (Phi) is 12.4. The van der Waals surface area contributed by atoms with Gasteiger partial charge >= 0.3 is 0 Å². The number of sulfonamides is 1. The number of benzene rings is 3. The van der Waals surface area contributed by atoms with Crippen molar-refractivity contribution < 1.29 is 42.2 Å². The highest BCUT2D eigenvalue weighted by Crippen LogP contribution is 2.54. The summed E-state index contributed by atoms with van der Waals surface area (Å²) in [6.45, 7) is 10.0. The van der Waals surface area contributed by atoms with Crippen LogP contribution in [0.4, 0.5) is 17.1 Å². The maximum absolute atomic E-state index is 14.4. The zero-order valence-electron chi connectivity index (χ0n) is 40.5. The number of nitro benzene ring substituents is 1. The minimum atomic E-state index is -4.72. The first-order valence-electron chi connectivity index (χ1n) is 25.3. The summed E-state index contributed by atoms with van der Waals surface area (Å²) in [6, 6.07) is 20.6. The first-order valence-corrected chi connectivity index (χ1v) is 26.7. The monoisotopic (exact) mass is 989 g/mol. The SMILES string of the molecule is CC(C)c1ccccc1[C@H]1CCCN1C1CC2(CCN(c3ccc(C(=O)NS(=O)(=O)c4cc5c(c([N+](=O)[O-])c4)N[C@@H](C4CCC(C)(O)CC4)CO5)c(Oc4cc5cc[nH]c5nc4OC4COC4)c3)CC2)C1. The number of carbonyl (C=O) groups is 1. The number of carbonyl (C=O) groups excluding carboxylic acids is 1. The third-order valence-corrected chi connectivity index (χ3v) is 17.6. The molecular formula is C53H63N7O10S. The molecule has 3 saturated heterocycles. The second kappa shape index (κ2) is 18.6. The minimum absolute atomic E-state index is 0.00937. The number of nitro groups is 1. The molecule has 376 valence electrons. The van der Waals surface area contributed by atoms with Gasteiger partial charge in [-0.3, -0.25) is 19.8 Å². The van der Waals surface area contributed by atoms with Crippen molar-refractivity contribution in [3.05, 3.63) is 99.7 Å². The zero-order valence-corrected chi connectivity index (χ0v) is 41.3. The maximum atomic E-state index is 14.4. The molecule has 18 heteroatoms. The Bertz CT molecular complexity index is 2950. The van der Waals surface area contributed by atoms with Gasteiger partial charge in [-0.2, -0.15) is 4.98 Å². The molecular weight excluding hydrogens is 927 g/mol. The standard InChI is InChI=1S/C53H63N7O10S/c1-32(2)39-7-4-5-8-40(39)43-9-6-20-59(43)36-27-53(28-36)17-21-58(22-18-53)35-10-11-41(45(24-35)70-47-23-34-14-19-54-49(34)56-51(47)69-37-29-67-30-37)50(61)57-71(65,66)38-25-44(60(63)64)48-46(26-38)68-31-42(55-48)33-12-15-52(3,62)16-13-33/h4-5,7-8,10-11,14,19,23-26,32-33,36-37,42-43,55,62H,6,9,12-13,15-18,20-22,27-31H2,1-3H3,(H,54,56)(H,57,61)/t33?,42-,43-,52?/m1/s1. The van der Waals surface area contributed by atoms with Crippen LogP contribution < -0.4 is 29.1 Å². The summed E-state index contributed by atoms with van der Waals surface area (Å²) in [5, 5.41) is 27.0. The molecule has 0 unspecified atom stereocenters. The largest absolute Gasteiger partial charge is 0.489 e. The number of fused-ring (bicyclic) bond motifs is 2. The van der Waals surface area contributed by atoms with E-state index in [1.54, 1.807) is 37.4 Å². The molecule has 4 aliphatic heterocycles. The number of pyridine rings is 1. The number of ether oxygens (including phenoxy) is 4. The van der Waals surface area contributed by atoms with Gasteiger partial charge in [0.2, 0.25) is 0 Å². The number of aromatic amines is 1. The molecule has 2 atom stereocenters. The van der Waals surface area contributed by atoms with Crippen molar-refractivity contribution in [1.29, 1.82) is 0 Å². The van der Waals surface area contributed by atoms with Crippen LogP contribution in [0.3, 0.4) is 0 Å². The average Bonchev–Trinajstić information content (AvgIpc) is 4.01. The molecule has 71 heavy (non-hydrogen) atoms. The Morgan fingerprint density at radius 2 is 1.75 bits per heavy atom. The van der Waals surface area contributed by atoms with E-state index in [-0.39, 0.29) is 64.5 Å². The number of amides is 1. The molecule has 3 aromatic carbocycles. The maximum Gasteiger partial charge on any atom is 0.297 e. The van der Waals surface area contributed by atoms with Crippen LogP contribution in [-0.4, -0.2) is 102 Å². The number of aliphatic hydroxyl groups is 1. The lowest BCUT2D eigenvalue weighted by Crippen LogP contribution is -2.54. The van der Waals surface area contributed by atoms with E-state index in [1.807, 2.05) is 6.07 Å². The molecule has 4 N–H and O–H groups in total. The highest BCUT2D eigenvalue weighted by atomic mass is 32.2. The van der Waals surface area contributed by atoms with E-state index >= 15 is 0 Å². The molecule has 6 aliphatic rings. The number of aromatic nitrogens is 2. The van der Waals surface area contributed by atoms with E-state index in [0.717, 1.165) is 49.6 Å².